The van der Waals surface area contributed by atoms with Crippen molar-refractivity contribution in [2.45, 2.75) is 19.6 Å². The molecule has 1 rings (SSSR count). The summed E-state index contributed by atoms with van der Waals surface area (Å²) in [7, 11) is 1.34. The van der Waals surface area contributed by atoms with E-state index in [0.717, 1.165) is 5.56 Å². The number of carbonyl (C=O) groups is 1. The molecule has 0 aromatic heterocycles. The van der Waals surface area contributed by atoms with E-state index < -0.39 is 6.10 Å². The topological polar surface area (TPSA) is 35.5 Å². The second kappa shape index (κ2) is 5.73. The van der Waals surface area contributed by atoms with E-state index in [1.807, 2.05) is 12.1 Å². The highest BCUT2D eigenvalue weighted by Crippen LogP contribution is 2.11. The molecule has 0 aliphatic heterocycles. The van der Waals surface area contributed by atoms with Gasteiger partial charge in [0.25, 0.3) is 0 Å². The van der Waals surface area contributed by atoms with Crippen LogP contribution in [0.1, 0.15) is 12.5 Å². The summed E-state index contributed by atoms with van der Waals surface area (Å²) in [6, 6.07) is 7.27. The van der Waals surface area contributed by atoms with Crippen molar-refractivity contribution >= 4 is 17.6 Å². The quantitative estimate of drug-likeness (QED) is 0.743. The fraction of sp³-hybridized carbons (Fsp3) is 0.364. The highest BCUT2D eigenvalue weighted by Gasteiger charge is 2.12. The molecule has 0 amide bonds. The normalized spacial score (nSPS) is 12.2. The summed E-state index contributed by atoms with van der Waals surface area (Å²) in [6.07, 6.45) is -0.550. The minimum absolute atomic E-state index is 0.368. The van der Waals surface area contributed by atoms with E-state index in [0.29, 0.717) is 11.6 Å². The number of hydrogen-bond donors (Lipinski definition) is 0. The Labute approximate surface area is 93.9 Å². The molecule has 0 heterocycles. The van der Waals surface area contributed by atoms with Crippen LogP contribution in [0.3, 0.4) is 0 Å². The number of carbonyl (C=O) groups excluding carboxylic acids is 1. The van der Waals surface area contributed by atoms with Gasteiger partial charge in [0.05, 0.1) is 13.7 Å². The highest BCUT2D eigenvalue weighted by atomic mass is 35.5. The van der Waals surface area contributed by atoms with Gasteiger partial charge in [-0.1, -0.05) is 23.7 Å². The van der Waals surface area contributed by atoms with Gasteiger partial charge in [-0.05, 0) is 24.6 Å². The molecule has 0 spiro atoms. The molecule has 1 aromatic carbocycles. The second-order valence-electron chi connectivity index (χ2n) is 3.10. The number of benzene rings is 1. The van der Waals surface area contributed by atoms with Crippen LogP contribution in [-0.4, -0.2) is 19.2 Å². The van der Waals surface area contributed by atoms with E-state index in [-0.39, 0.29) is 5.97 Å². The SMILES string of the molecule is COC(=O)[C@@H](C)OCc1ccc(Cl)cc1. The molecule has 0 saturated heterocycles. The van der Waals surface area contributed by atoms with Crippen molar-refractivity contribution in [1.29, 1.82) is 0 Å². The van der Waals surface area contributed by atoms with E-state index in [1.165, 1.54) is 7.11 Å². The van der Waals surface area contributed by atoms with Crippen LogP contribution in [0.2, 0.25) is 5.02 Å². The maximum Gasteiger partial charge on any atom is 0.334 e. The highest BCUT2D eigenvalue weighted by molar-refractivity contribution is 6.30. The van der Waals surface area contributed by atoms with Crippen molar-refractivity contribution in [1.82, 2.24) is 0 Å². The van der Waals surface area contributed by atoms with Crippen LogP contribution in [0.5, 0.6) is 0 Å². The lowest BCUT2D eigenvalue weighted by Crippen LogP contribution is -2.21. The third-order valence-corrected chi connectivity index (χ3v) is 2.20. The summed E-state index contributed by atoms with van der Waals surface area (Å²) in [6.45, 7) is 2.02. The van der Waals surface area contributed by atoms with Gasteiger partial charge in [-0.3, -0.25) is 0 Å². The van der Waals surface area contributed by atoms with Crippen molar-refractivity contribution < 1.29 is 14.3 Å². The number of rotatable bonds is 4. The van der Waals surface area contributed by atoms with Crippen LogP contribution in [0.4, 0.5) is 0 Å². The minimum atomic E-state index is -0.550. The molecule has 0 bridgehead atoms. The Balaban J connectivity index is 2.43. The zero-order valence-electron chi connectivity index (χ0n) is 8.70. The predicted octanol–water partition coefficient (Wildman–Crippen LogP) is 2.42. The van der Waals surface area contributed by atoms with Crippen LogP contribution in [0.25, 0.3) is 0 Å². The summed E-state index contributed by atoms with van der Waals surface area (Å²) >= 11 is 5.73. The zero-order chi connectivity index (χ0) is 11.3. The fourth-order valence-corrected chi connectivity index (χ4v) is 1.16. The molecule has 0 aliphatic rings. The fourth-order valence-electron chi connectivity index (χ4n) is 1.04. The average molecular weight is 229 g/mol. The Morgan fingerprint density at radius 1 is 1.40 bits per heavy atom. The largest absolute Gasteiger partial charge is 0.467 e. The molecule has 4 heteroatoms. The summed E-state index contributed by atoms with van der Waals surface area (Å²) < 4.78 is 9.84. The van der Waals surface area contributed by atoms with Crippen LogP contribution in [-0.2, 0) is 20.9 Å². The molecule has 0 saturated carbocycles. The Hall–Kier alpha value is -1.06. The molecule has 1 atom stereocenters. The monoisotopic (exact) mass is 228 g/mol. The van der Waals surface area contributed by atoms with Gasteiger partial charge in [-0.2, -0.15) is 0 Å². The summed E-state index contributed by atoms with van der Waals surface area (Å²) in [4.78, 5) is 11.0. The predicted molar refractivity (Wildman–Crippen MR) is 57.7 cm³/mol. The van der Waals surface area contributed by atoms with Crippen LogP contribution in [0.15, 0.2) is 24.3 Å². The van der Waals surface area contributed by atoms with E-state index >= 15 is 0 Å². The average Bonchev–Trinajstić information content (AvgIpc) is 2.26. The van der Waals surface area contributed by atoms with E-state index in [4.69, 9.17) is 16.3 Å². The third kappa shape index (κ3) is 3.90. The second-order valence-corrected chi connectivity index (χ2v) is 3.54. The molecule has 1 aromatic rings. The number of halogens is 1. The van der Waals surface area contributed by atoms with Crippen LogP contribution >= 0.6 is 11.6 Å². The third-order valence-electron chi connectivity index (χ3n) is 1.95. The lowest BCUT2D eigenvalue weighted by atomic mass is 10.2. The molecule has 0 radical (unpaired) electrons. The number of methoxy groups -OCH3 is 1. The van der Waals surface area contributed by atoms with Gasteiger partial charge in [0.15, 0.2) is 6.10 Å². The van der Waals surface area contributed by atoms with Gasteiger partial charge in [0.1, 0.15) is 0 Å². The Bertz CT molecular complexity index is 321. The number of ether oxygens (including phenoxy) is 2. The van der Waals surface area contributed by atoms with Crippen molar-refractivity contribution in [2.75, 3.05) is 7.11 Å². The van der Waals surface area contributed by atoms with Crippen molar-refractivity contribution in [3.05, 3.63) is 34.9 Å². The molecule has 0 unspecified atom stereocenters. The maximum atomic E-state index is 11.0. The first-order valence-corrected chi connectivity index (χ1v) is 4.95. The summed E-state index contributed by atoms with van der Waals surface area (Å²) in [5.41, 5.74) is 0.968. The lowest BCUT2D eigenvalue weighted by Gasteiger charge is -2.10. The first kappa shape index (κ1) is 12.0. The molecule has 0 fully saturated rings. The zero-order valence-corrected chi connectivity index (χ0v) is 9.45. The van der Waals surface area contributed by atoms with Crippen LogP contribution in [0, 0.1) is 0 Å². The molecule has 0 aliphatic carbocycles. The maximum absolute atomic E-state index is 11.0. The first-order valence-electron chi connectivity index (χ1n) is 4.57. The Morgan fingerprint density at radius 3 is 2.53 bits per heavy atom. The standard InChI is InChI=1S/C11H13ClO3/c1-8(11(13)14-2)15-7-9-3-5-10(12)6-4-9/h3-6,8H,7H2,1-2H3/t8-/m1/s1. The smallest absolute Gasteiger partial charge is 0.334 e. The van der Waals surface area contributed by atoms with Crippen LogP contribution < -0.4 is 0 Å². The van der Waals surface area contributed by atoms with Crippen molar-refractivity contribution in [3.63, 3.8) is 0 Å². The van der Waals surface area contributed by atoms with Gasteiger partial charge in [0.2, 0.25) is 0 Å². The molecular formula is C11H13ClO3. The van der Waals surface area contributed by atoms with Gasteiger partial charge < -0.3 is 9.47 Å². The molecule has 3 nitrogen and oxygen atoms in total. The van der Waals surface area contributed by atoms with Gasteiger partial charge in [-0.15, -0.1) is 0 Å². The van der Waals surface area contributed by atoms with Gasteiger partial charge in [0, 0.05) is 5.02 Å². The van der Waals surface area contributed by atoms with Gasteiger partial charge >= 0.3 is 5.97 Å². The molecule has 0 N–H and O–H groups in total. The van der Waals surface area contributed by atoms with E-state index in [2.05, 4.69) is 4.74 Å². The minimum Gasteiger partial charge on any atom is -0.467 e. The van der Waals surface area contributed by atoms with Crippen molar-refractivity contribution in [2.24, 2.45) is 0 Å². The number of hydrogen-bond acceptors (Lipinski definition) is 3. The number of esters is 1. The first-order chi connectivity index (χ1) is 7.13. The van der Waals surface area contributed by atoms with Gasteiger partial charge in [-0.25, -0.2) is 4.79 Å². The van der Waals surface area contributed by atoms with Crippen molar-refractivity contribution in [3.8, 4) is 0 Å². The van der Waals surface area contributed by atoms with E-state index in [1.54, 1.807) is 19.1 Å². The molecule has 82 valence electrons. The molecule has 15 heavy (non-hydrogen) atoms. The van der Waals surface area contributed by atoms with E-state index in [9.17, 15) is 4.79 Å². The lowest BCUT2D eigenvalue weighted by molar-refractivity contribution is -0.153. The Kier molecular flexibility index (Phi) is 4.59. The summed E-state index contributed by atoms with van der Waals surface area (Å²) in [5, 5.41) is 0.680. The summed E-state index contributed by atoms with van der Waals surface area (Å²) in [5.74, 6) is -0.371. The molecular weight excluding hydrogens is 216 g/mol. The Morgan fingerprint density at radius 2 is 2.00 bits per heavy atom.